The molecule has 0 radical (unpaired) electrons. The number of carbonyl (C=O) groups excluding carboxylic acids is 3. The maximum Gasteiger partial charge on any atom is 0.323 e. The highest BCUT2D eigenvalue weighted by atomic mass is 32.2. The highest BCUT2D eigenvalue weighted by Gasteiger charge is 2.62. The first kappa shape index (κ1) is 20.8. The fourth-order valence-corrected chi connectivity index (χ4v) is 5.10. The van der Waals surface area contributed by atoms with E-state index in [1.54, 1.807) is 0 Å². The highest BCUT2D eigenvalue weighted by molar-refractivity contribution is 7.93. The number of nitrogens with zero attached hydrogens (tertiary/aromatic N) is 2. The molecule has 150 valence electrons. The molecule has 12 heteroatoms. The van der Waals surface area contributed by atoms with E-state index in [0.717, 1.165) is 16.7 Å². The Morgan fingerprint density at radius 2 is 1.89 bits per heavy atom. The molecule has 2 rings (SSSR count). The van der Waals surface area contributed by atoms with E-state index in [9.17, 15) is 27.6 Å². The van der Waals surface area contributed by atoms with Gasteiger partial charge in [-0.25, -0.2) is 8.42 Å². The number of carbonyl (C=O) groups is 4. The number of fused-ring (bicyclic) bond motifs is 1. The zero-order chi connectivity index (χ0) is 20.7. The second-order valence-electron chi connectivity index (χ2n) is 6.20. The molecule has 0 aliphatic carbocycles. The lowest BCUT2D eigenvalue weighted by molar-refractivity contribution is -0.162. The zero-order valence-electron chi connectivity index (χ0n) is 15.2. The topological polar surface area (TPSA) is 148 Å². The first-order chi connectivity index (χ1) is 12.4. The molecule has 11 nitrogen and oxygen atoms in total. The van der Waals surface area contributed by atoms with Gasteiger partial charge in [0.05, 0.1) is 5.25 Å². The number of carboxylic acids is 1. The smallest absolute Gasteiger partial charge is 0.323 e. The van der Waals surface area contributed by atoms with Gasteiger partial charge in [-0.3, -0.25) is 24.1 Å². The van der Waals surface area contributed by atoms with Crippen molar-refractivity contribution in [3.63, 3.8) is 0 Å². The molecule has 3 atom stereocenters. The molecular formula is C15H20N2O9S. The van der Waals surface area contributed by atoms with Gasteiger partial charge in [0.25, 0.3) is 11.8 Å². The lowest BCUT2D eigenvalue weighted by Crippen LogP contribution is -2.72. The van der Waals surface area contributed by atoms with E-state index in [-0.39, 0.29) is 11.3 Å². The van der Waals surface area contributed by atoms with Gasteiger partial charge in [-0.2, -0.15) is 0 Å². The number of sulfone groups is 1. The Kier molecular flexibility index (Phi) is 5.61. The van der Waals surface area contributed by atoms with Crippen LogP contribution in [0.2, 0.25) is 0 Å². The van der Waals surface area contributed by atoms with Gasteiger partial charge >= 0.3 is 11.9 Å². The number of aliphatic carboxylic acids is 1. The Morgan fingerprint density at radius 1 is 1.30 bits per heavy atom. The summed E-state index contributed by atoms with van der Waals surface area (Å²) in [5, 5.41) is 6.26. The minimum Gasteiger partial charge on any atom is -0.480 e. The van der Waals surface area contributed by atoms with Crippen LogP contribution in [0.15, 0.2) is 11.3 Å². The molecule has 1 saturated heterocycles. The van der Waals surface area contributed by atoms with E-state index >= 15 is 0 Å². The van der Waals surface area contributed by atoms with Crippen LogP contribution in [-0.2, 0) is 38.5 Å². The zero-order valence-corrected chi connectivity index (χ0v) is 16.0. The molecule has 2 amide bonds. The van der Waals surface area contributed by atoms with Crippen molar-refractivity contribution in [3.05, 3.63) is 11.3 Å². The van der Waals surface area contributed by atoms with Crippen molar-refractivity contribution in [2.75, 3.05) is 27.3 Å². The second-order valence-corrected chi connectivity index (χ2v) is 8.56. The predicted octanol–water partition coefficient (Wildman–Crippen LogP) is -1.65. The monoisotopic (exact) mass is 404 g/mol. The van der Waals surface area contributed by atoms with Crippen molar-refractivity contribution in [2.24, 2.45) is 0 Å². The summed E-state index contributed by atoms with van der Waals surface area (Å²) in [7, 11) is -1.59. The third-order valence-corrected chi connectivity index (χ3v) is 6.87. The molecule has 0 aromatic heterocycles. The number of methoxy groups -OCH3 is 1. The molecule has 0 bridgehead atoms. The summed E-state index contributed by atoms with van der Waals surface area (Å²) in [6.07, 6.45) is -1.26. The molecular weight excluding hydrogens is 384 g/mol. The summed E-state index contributed by atoms with van der Waals surface area (Å²) in [5.41, 5.74) is -0.391. The lowest BCUT2D eigenvalue weighted by Gasteiger charge is -2.50. The highest BCUT2D eigenvalue weighted by Crippen LogP contribution is 2.41. The first-order valence-corrected chi connectivity index (χ1v) is 9.48. The Balaban J connectivity index is 2.59. The second kappa shape index (κ2) is 7.27. The van der Waals surface area contributed by atoms with Gasteiger partial charge in [-0.15, -0.1) is 0 Å². The summed E-state index contributed by atoms with van der Waals surface area (Å²) < 4.78 is 35.4. The fourth-order valence-electron chi connectivity index (χ4n) is 3.03. The van der Waals surface area contributed by atoms with Crippen molar-refractivity contribution < 1.29 is 42.2 Å². The lowest BCUT2D eigenvalue weighted by atomic mass is 10.0. The number of esters is 1. The Bertz CT molecular complexity index is 832. The minimum atomic E-state index is -3.97. The predicted molar refractivity (Wildman–Crippen MR) is 88.7 cm³/mol. The largest absolute Gasteiger partial charge is 0.480 e. The molecule has 0 saturated carbocycles. The summed E-state index contributed by atoms with van der Waals surface area (Å²) >= 11 is 0. The number of ether oxygens (including phenoxy) is 2. The number of hydrogen-bond acceptors (Lipinski definition) is 8. The van der Waals surface area contributed by atoms with E-state index < -0.39 is 63.5 Å². The fraction of sp³-hybridized carbons (Fsp3) is 0.600. The van der Waals surface area contributed by atoms with E-state index in [1.165, 1.54) is 21.1 Å². The third-order valence-electron chi connectivity index (χ3n) is 4.47. The van der Waals surface area contributed by atoms with Gasteiger partial charge in [0.2, 0.25) is 0 Å². The van der Waals surface area contributed by atoms with Crippen molar-refractivity contribution in [3.8, 4) is 0 Å². The van der Waals surface area contributed by atoms with Crippen LogP contribution >= 0.6 is 0 Å². The molecule has 1 unspecified atom stereocenters. The van der Waals surface area contributed by atoms with E-state index in [1.807, 2.05) is 0 Å². The number of carboxylic acid groups (broad SMARTS) is 1. The van der Waals surface area contributed by atoms with Crippen LogP contribution < -0.4 is 0 Å². The van der Waals surface area contributed by atoms with Crippen molar-refractivity contribution in [2.45, 2.75) is 30.6 Å². The minimum absolute atomic E-state index is 0.0911. The van der Waals surface area contributed by atoms with Gasteiger partial charge in [-0.1, -0.05) is 0 Å². The molecule has 2 aliphatic rings. The van der Waals surface area contributed by atoms with Crippen molar-refractivity contribution in [1.82, 2.24) is 9.80 Å². The maximum atomic E-state index is 12.8. The summed E-state index contributed by atoms with van der Waals surface area (Å²) in [6, 6.07) is 0. The number of hydrogen-bond donors (Lipinski definition) is 1. The van der Waals surface area contributed by atoms with Gasteiger partial charge in [0.1, 0.15) is 18.8 Å². The molecule has 0 spiro atoms. The van der Waals surface area contributed by atoms with Crippen LogP contribution in [0, 0.1) is 0 Å². The molecule has 0 aromatic rings. The third kappa shape index (κ3) is 3.41. The average Bonchev–Trinajstić information content (AvgIpc) is 2.55. The molecule has 2 aliphatic heterocycles. The van der Waals surface area contributed by atoms with Gasteiger partial charge in [-0.05, 0) is 6.92 Å². The van der Waals surface area contributed by atoms with Crippen LogP contribution in [0.4, 0.5) is 0 Å². The van der Waals surface area contributed by atoms with Crippen LogP contribution in [-0.4, -0.2) is 91.1 Å². The molecule has 1 N–H and O–H groups in total. The maximum absolute atomic E-state index is 12.8. The SMILES string of the molecule is CO[C@H]1C(=O)N2C(C(=O)N(C)CC(=O)O)=C(COC(C)=O)C(C)S(=O)(=O)[C@H]12. The van der Waals surface area contributed by atoms with E-state index in [4.69, 9.17) is 14.6 Å². The average molecular weight is 404 g/mol. The Hall–Kier alpha value is -2.47. The standard InChI is InChI=1S/C15H20N2O9S/c1-7-9(6-26-8(2)18)11(13(21)16(3)5-10(19)20)17-14(22)12(25-4)15(17)27(7,23)24/h7,12,15H,5-6H2,1-4H3,(H,19,20)/t7?,12-,15+/m0/s1. The Labute approximate surface area is 155 Å². The summed E-state index contributed by atoms with van der Waals surface area (Å²) in [5.74, 6) is -3.60. The Morgan fingerprint density at radius 3 is 2.37 bits per heavy atom. The van der Waals surface area contributed by atoms with E-state index in [0.29, 0.717) is 0 Å². The molecule has 2 heterocycles. The van der Waals surface area contributed by atoms with Crippen LogP contribution in [0.3, 0.4) is 0 Å². The van der Waals surface area contributed by atoms with Crippen molar-refractivity contribution >= 4 is 33.6 Å². The number of amides is 2. The summed E-state index contributed by atoms with van der Waals surface area (Å²) in [6.45, 7) is 1.24. The van der Waals surface area contributed by atoms with Gasteiger partial charge in [0.15, 0.2) is 21.3 Å². The van der Waals surface area contributed by atoms with Crippen molar-refractivity contribution in [1.29, 1.82) is 0 Å². The normalized spacial score (nSPS) is 26.1. The van der Waals surface area contributed by atoms with Crippen LogP contribution in [0.5, 0.6) is 0 Å². The number of rotatable bonds is 6. The van der Waals surface area contributed by atoms with E-state index in [2.05, 4.69) is 0 Å². The molecule has 0 aromatic carbocycles. The first-order valence-electron chi connectivity index (χ1n) is 7.87. The number of β-lactam (4-membered cyclic amide) rings is 1. The van der Waals surface area contributed by atoms with Crippen LogP contribution in [0.1, 0.15) is 13.8 Å². The van der Waals surface area contributed by atoms with Gasteiger partial charge in [0, 0.05) is 26.7 Å². The quantitative estimate of drug-likeness (QED) is 0.406. The molecule has 27 heavy (non-hydrogen) atoms. The summed E-state index contributed by atoms with van der Waals surface area (Å²) in [4.78, 5) is 48.9. The molecule has 1 fully saturated rings. The van der Waals surface area contributed by atoms with Gasteiger partial charge < -0.3 is 19.5 Å². The number of likely N-dealkylation sites (N-methyl/N-ethyl adjacent to an activating group) is 1. The van der Waals surface area contributed by atoms with Crippen LogP contribution in [0.25, 0.3) is 0 Å².